The molecule has 1 N–H and O–H groups in total. The largest absolute Gasteiger partial charge is 0.472 e. The first-order valence-corrected chi connectivity index (χ1v) is 4.28. The van der Waals surface area contributed by atoms with Crippen LogP contribution in [-0.4, -0.2) is 11.1 Å². The first-order valence-electron chi connectivity index (χ1n) is 4.28. The predicted octanol–water partition coefficient (Wildman–Crippen LogP) is 2.34. The fourth-order valence-electron chi connectivity index (χ4n) is 1.17. The van der Waals surface area contributed by atoms with Crippen LogP contribution in [0.15, 0.2) is 24.3 Å². The van der Waals surface area contributed by atoms with Gasteiger partial charge in [0.05, 0.1) is 5.56 Å². The van der Waals surface area contributed by atoms with Crippen LogP contribution in [0.1, 0.15) is 11.1 Å². The molecule has 0 amide bonds. The van der Waals surface area contributed by atoms with E-state index in [1.54, 1.807) is 5.92 Å². The fourth-order valence-corrected chi connectivity index (χ4v) is 1.17. The Hall–Kier alpha value is -1.96. The zero-order chi connectivity index (χ0) is 12.2. The van der Waals surface area contributed by atoms with Crippen molar-refractivity contribution in [3.8, 4) is 11.8 Å². The van der Waals surface area contributed by atoms with E-state index >= 15 is 0 Å². The highest BCUT2D eigenvalue weighted by Crippen LogP contribution is 2.31. The third kappa shape index (κ3) is 3.31. The molecule has 0 aliphatic rings. The second-order valence-electron chi connectivity index (χ2n) is 2.94. The molecule has 0 saturated heterocycles. The van der Waals surface area contributed by atoms with Gasteiger partial charge in [0.2, 0.25) is 0 Å². The number of hydrogen-bond donors (Lipinski definition) is 1. The molecule has 0 aliphatic carbocycles. The highest BCUT2D eigenvalue weighted by molar-refractivity contribution is 5.86. The molecule has 1 aromatic rings. The number of aliphatic carboxylic acids is 1. The number of carboxylic acid groups (broad SMARTS) is 1. The third-order valence-corrected chi connectivity index (χ3v) is 1.80. The molecule has 0 spiro atoms. The average molecular weight is 228 g/mol. The number of hydrogen-bond acceptors (Lipinski definition) is 1. The maximum absolute atomic E-state index is 12.5. The van der Waals surface area contributed by atoms with Crippen LogP contribution >= 0.6 is 0 Å². The summed E-state index contributed by atoms with van der Waals surface area (Å²) in [6, 6.07) is 4.95. The predicted molar refractivity (Wildman–Crippen MR) is 50.6 cm³/mol. The standard InChI is InChI=1S/C11H7F3O2/c12-11(13,14)9-6-2-1-4-8(9)5-3-7-10(15)16/h1-2,4,6H,5H2,(H,15,16). The number of halogens is 3. The summed E-state index contributed by atoms with van der Waals surface area (Å²) in [7, 11) is 0. The number of alkyl halides is 3. The van der Waals surface area contributed by atoms with E-state index in [2.05, 4.69) is 5.92 Å². The number of benzene rings is 1. The molecule has 0 heterocycles. The lowest BCUT2D eigenvalue weighted by Gasteiger charge is -2.10. The molecule has 0 bridgehead atoms. The van der Waals surface area contributed by atoms with E-state index in [0.29, 0.717) is 0 Å². The quantitative estimate of drug-likeness (QED) is 0.749. The van der Waals surface area contributed by atoms with Crippen molar-refractivity contribution in [2.24, 2.45) is 0 Å². The van der Waals surface area contributed by atoms with Gasteiger partial charge in [0.15, 0.2) is 0 Å². The zero-order valence-electron chi connectivity index (χ0n) is 8.01. The lowest BCUT2D eigenvalue weighted by molar-refractivity contribution is -0.138. The summed E-state index contributed by atoms with van der Waals surface area (Å²) in [5, 5.41) is 8.22. The summed E-state index contributed by atoms with van der Waals surface area (Å²) in [4.78, 5) is 10.1. The molecule has 84 valence electrons. The minimum Gasteiger partial charge on any atom is -0.472 e. The van der Waals surface area contributed by atoms with Gasteiger partial charge in [-0.3, -0.25) is 0 Å². The first kappa shape index (κ1) is 12.1. The molecule has 0 aromatic heterocycles. The van der Waals surface area contributed by atoms with Gasteiger partial charge in [-0.25, -0.2) is 4.79 Å². The minimum atomic E-state index is -4.44. The molecule has 0 aliphatic heterocycles. The van der Waals surface area contributed by atoms with Crippen LogP contribution in [0.25, 0.3) is 0 Å². The lowest BCUT2D eigenvalue weighted by atomic mass is 10.0. The molecule has 0 fully saturated rings. The maximum atomic E-state index is 12.5. The molecule has 16 heavy (non-hydrogen) atoms. The van der Waals surface area contributed by atoms with E-state index < -0.39 is 17.7 Å². The van der Waals surface area contributed by atoms with Gasteiger partial charge in [-0.1, -0.05) is 24.1 Å². The monoisotopic (exact) mass is 228 g/mol. The molecular formula is C11H7F3O2. The van der Waals surface area contributed by atoms with Crippen molar-refractivity contribution in [3.63, 3.8) is 0 Å². The van der Waals surface area contributed by atoms with Gasteiger partial charge in [-0.05, 0) is 11.6 Å². The van der Waals surface area contributed by atoms with Gasteiger partial charge in [-0.2, -0.15) is 13.2 Å². The molecule has 1 rings (SSSR count). The fraction of sp³-hybridized carbons (Fsp3) is 0.182. The topological polar surface area (TPSA) is 37.3 Å². The molecule has 0 saturated carbocycles. The van der Waals surface area contributed by atoms with E-state index in [1.165, 1.54) is 18.2 Å². The number of carbonyl (C=O) groups is 1. The van der Waals surface area contributed by atoms with Crippen LogP contribution in [0.2, 0.25) is 0 Å². The Morgan fingerprint density at radius 1 is 1.31 bits per heavy atom. The Kier molecular flexibility index (Phi) is 3.56. The Labute approximate surface area is 89.7 Å². The van der Waals surface area contributed by atoms with Crippen molar-refractivity contribution in [1.29, 1.82) is 0 Å². The van der Waals surface area contributed by atoms with Crippen molar-refractivity contribution in [2.45, 2.75) is 12.6 Å². The van der Waals surface area contributed by atoms with Crippen LogP contribution < -0.4 is 0 Å². The van der Waals surface area contributed by atoms with Gasteiger partial charge in [-0.15, -0.1) is 0 Å². The summed E-state index contributed by atoms with van der Waals surface area (Å²) in [6.45, 7) is 0. The Morgan fingerprint density at radius 2 is 1.94 bits per heavy atom. The Bertz CT molecular complexity index is 452. The van der Waals surface area contributed by atoms with E-state index in [-0.39, 0.29) is 12.0 Å². The van der Waals surface area contributed by atoms with Crippen molar-refractivity contribution in [2.75, 3.05) is 0 Å². The lowest BCUT2D eigenvalue weighted by Crippen LogP contribution is -2.08. The highest BCUT2D eigenvalue weighted by Gasteiger charge is 2.32. The molecular weight excluding hydrogens is 221 g/mol. The number of rotatable bonds is 1. The van der Waals surface area contributed by atoms with Gasteiger partial charge >= 0.3 is 12.1 Å². The second-order valence-corrected chi connectivity index (χ2v) is 2.94. The summed E-state index contributed by atoms with van der Waals surface area (Å²) in [5.74, 6) is 2.58. The van der Waals surface area contributed by atoms with E-state index in [0.717, 1.165) is 6.07 Å². The van der Waals surface area contributed by atoms with Crippen molar-refractivity contribution in [3.05, 3.63) is 35.4 Å². The van der Waals surface area contributed by atoms with Crippen LogP contribution in [-0.2, 0) is 17.4 Å². The molecule has 0 radical (unpaired) electrons. The first-order chi connectivity index (χ1) is 7.41. The molecule has 0 atom stereocenters. The molecule has 0 unspecified atom stereocenters. The Balaban J connectivity index is 2.98. The summed E-state index contributed by atoms with van der Waals surface area (Å²) >= 11 is 0. The van der Waals surface area contributed by atoms with Crippen LogP contribution in [0.3, 0.4) is 0 Å². The SMILES string of the molecule is O=C(O)C#CCc1ccccc1C(F)(F)F. The smallest absolute Gasteiger partial charge is 0.416 e. The van der Waals surface area contributed by atoms with E-state index in [9.17, 15) is 18.0 Å². The van der Waals surface area contributed by atoms with E-state index in [1.807, 2.05) is 0 Å². The van der Waals surface area contributed by atoms with Gasteiger partial charge in [0.25, 0.3) is 0 Å². The normalized spacial score (nSPS) is 10.4. The van der Waals surface area contributed by atoms with Gasteiger partial charge in [0, 0.05) is 12.3 Å². The summed E-state index contributed by atoms with van der Waals surface area (Å²) < 4.78 is 37.4. The van der Waals surface area contributed by atoms with Gasteiger partial charge in [0.1, 0.15) is 0 Å². The highest BCUT2D eigenvalue weighted by atomic mass is 19.4. The average Bonchev–Trinajstić information content (AvgIpc) is 2.16. The maximum Gasteiger partial charge on any atom is 0.416 e. The molecule has 5 heteroatoms. The van der Waals surface area contributed by atoms with Crippen molar-refractivity contribution >= 4 is 5.97 Å². The zero-order valence-corrected chi connectivity index (χ0v) is 8.01. The molecule has 1 aromatic carbocycles. The number of carboxylic acids is 1. The molecule has 2 nitrogen and oxygen atoms in total. The van der Waals surface area contributed by atoms with Crippen molar-refractivity contribution < 1.29 is 23.1 Å². The second kappa shape index (κ2) is 4.71. The third-order valence-electron chi connectivity index (χ3n) is 1.80. The summed E-state index contributed by atoms with van der Waals surface area (Å²) in [5.41, 5.74) is -0.807. The minimum absolute atomic E-state index is 0.0243. The van der Waals surface area contributed by atoms with Gasteiger partial charge < -0.3 is 5.11 Å². The van der Waals surface area contributed by atoms with Crippen LogP contribution in [0.4, 0.5) is 13.2 Å². The van der Waals surface area contributed by atoms with Crippen molar-refractivity contribution in [1.82, 2.24) is 0 Å². The van der Waals surface area contributed by atoms with Crippen LogP contribution in [0, 0.1) is 11.8 Å². The van der Waals surface area contributed by atoms with Crippen LogP contribution in [0.5, 0.6) is 0 Å². The van der Waals surface area contributed by atoms with E-state index in [4.69, 9.17) is 5.11 Å². The Morgan fingerprint density at radius 3 is 2.50 bits per heavy atom. The summed E-state index contributed by atoms with van der Waals surface area (Å²) in [6.07, 6.45) is -4.68.